The standard InChI is InChI=1S/C24H24N2O7/c1-29-20-11-17(12-21(30-2)23(20)32-15-22(25)27)24(28)33-13-16-6-8-19(9-7-16)31-14-18-5-3-4-10-26-18/h3-12H,13-15H2,1-2H3,(H2,25,27). The summed E-state index contributed by atoms with van der Waals surface area (Å²) in [7, 11) is 2.80. The number of nitrogens with zero attached hydrogens (tertiary/aromatic N) is 1. The maximum atomic E-state index is 12.6. The predicted octanol–water partition coefficient (Wildman–Crippen LogP) is 2.90. The molecule has 3 aromatic rings. The van der Waals surface area contributed by atoms with Crippen LogP contribution in [0.3, 0.4) is 0 Å². The number of pyridine rings is 1. The first kappa shape index (κ1) is 23.4. The zero-order chi connectivity index (χ0) is 23.6. The first-order valence-corrected chi connectivity index (χ1v) is 9.96. The molecule has 9 heteroatoms. The van der Waals surface area contributed by atoms with E-state index in [1.54, 1.807) is 18.3 Å². The van der Waals surface area contributed by atoms with Crippen molar-refractivity contribution in [3.8, 4) is 23.0 Å². The van der Waals surface area contributed by atoms with Crippen molar-refractivity contribution in [1.29, 1.82) is 0 Å². The number of nitrogens with two attached hydrogens (primary N) is 1. The lowest BCUT2D eigenvalue weighted by Gasteiger charge is -2.15. The molecule has 0 fully saturated rings. The van der Waals surface area contributed by atoms with Crippen LogP contribution in [-0.2, 0) is 22.7 Å². The fourth-order valence-electron chi connectivity index (χ4n) is 2.84. The number of hydrogen-bond donors (Lipinski definition) is 1. The largest absolute Gasteiger partial charge is 0.493 e. The maximum Gasteiger partial charge on any atom is 0.338 e. The van der Waals surface area contributed by atoms with Gasteiger partial charge in [-0.1, -0.05) is 18.2 Å². The van der Waals surface area contributed by atoms with Crippen molar-refractivity contribution in [3.63, 3.8) is 0 Å². The average Bonchev–Trinajstić information content (AvgIpc) is 2.85. The van der Waals surface area contributed by atoms with Crippen LogP contribution >= 0.6 is 0 Å². The monoisotopic (exact) mass is 452 g/mol. The molecule has 0 unspecified atom stereocenters. The lowest BCUT2D eigenvalue weighted by molar-refractivity contribution is -0.120. The molecular formula is C24H24N2O7. The minimum absolute atomic E-state index is 0.0594. The summed E-state index contributed by atoms with van der Waals surface area (Å²) in [6.45, 7) is 0.0555. The number of esters is 1. The normalized spacial score (nSPS) is 10.2. The average molecular weight is 452 g/mol. The summed E-state index contributed by atoms with van der Waals surface area (Å²) in [6, 6.07) is 15.7. The van der Waals surface area contributed by atoms with Gasteiger partial charge in [0, 0.05) is 6.20 Å². The van der Waals surface area contributed by atoms with Gasteiger partial charge in [0.2, 0.25) is 5.75 Å². The molecule has 3 rings (SSSR count). The summed E-state index contributed by atoms with van der Waals surface area (Å²) in [4.78, 5) is 27.8. The Hall–Kier alpha value is -4.27. The number of methoxy groups -OCH3 is 2. The van der Waals surface area contributed by atoms with Gasteiger partial charge in [-0.05, 0) is 42.0 Å². The number of ether oxygens (including phenoxy) is 5. The Bertz CT molecular complexity index is 1060. The van der Waals surface area contributed by atoms with Crippen LogP contribution in [0.2, 0.25) is 0 Å². The molecule has 0 aliphatic carbocycles. The highest BCUT2D eigenvalue weighted by atomic mass is 16.5. The fraction of sp³-hybridized carbons (Fsp3) is 0.208. The maximum absolute atomic E-state index is 12.6. The van der Waals surface area contributed by atoms with Crippen molar-refractivity contribution < 1.29 is 33.3 Å². The van der Waals surface area contributed by atoms with Crippen molar-refractivity contribution >= 4 is 11.9 Å². The minimum atomic E-state index is -0.657. The Morgan fingerprint density at radius 1 is 0.909 bits per heavy atom. The number of aromatic nitrogens is 1. The van der Waals surface area contributed by atoms with Gasteiger partial charge in [0.15, 0.2) is 18.1 Å². The van der Waals surface area contributed by atoms with Crippen LogP contribution in [0.4, 0.5) is 0 Å². The molecule has 9 nitrogen and oxygen atoms in total. The zero-order valence-electron chi connectivity index (χ0n) is 18.3. The molecule has 0 aliphatic heterocycles. The smallest absolute Gasteiger partial charge is 0.338 e. The molecule has 0 radical (unpaired) electrons. The van der Waals surface area contributed by atoms with Crippen LogP contribution in [0.5, 0.6) is 23.0 Å². The van der Waals surface area contributed by atoms with E-state index in [9.17, 15) is 9.59 Å². The van der Waals surface area contributed by atoms with Crippen LogP contribution in [0.1, 0.15) is 21.6 Å². The molecule has 0 spiro atoms. The highest BCUT2D eigenvalue weighted by Gasteiger charge is 2.19. The third-order valence-electron chi connectivity index (χ3n) is 4.46. The fourth-order valence-corrected chi connectivity index (χ4v) is 2.84. The summed E-state index contributed by atoms with van der Waals surface area (Å²) < 4.78 is 27.0. The molecule has 1 amide bonds. The van der Waals surface area contributed by atoms with Gasteiger partial charge in [-0.25, -0.2) is 4.79 Å². The van der Waals surface area contributed by atoms with E-state index in [-0.39, 0.29) is 36.0 Å². The van der Waals surface area contributed by atoms with Crippen LogP contribution in [0.25, 0.3) is 0 Å². The van der Waals surface area contributed by atoms with E-state index < -0.39 is 11.9 Å². The van der Waals surface area contributed by atoms with Gasteiger partial charge in [-0.3, -0.25) is 9.78 Å². The van der Waals surface area contributed by atoms with Crippen LogP contribution in [0, 0.1) is 0 Å². The molecule has 2 N–H and O–H groups in total. The molecule has 1 heterocycles. The van der Waals surface area contributed by atoms with Crippen molar-refractivity contribution in [2.75, 3.05) is 20.8 Å². The molecule has 172 valence electrons. The number of carbonyl (C=O) groups is 2. The Labute approximate surface area is 191 Å². The van der Waals surface area contributed by atoms with E-state index in [2.05, 4.69) is 4.98 Å². The van der Waals surface area contributed by atoms with Crippen LogP contribution in [0.15, 0.2) is 60.8 Å². The van der Waals surface area contributed by atoms with Gasteiger partial charge in [0.1, 0.15) is 19.0 Å². The zero-order valence-corrected chi connectivity index (χ0v) is 18.3. The quantitative estimate of drug-likeness (QED) is 0.441. The molecule has 1 aromatic heterocycles. The number of primary amides is 1. The topological polar surface area (TPSA) is 119 Å². The Kier molecular flexibility index (Phi) is 8.07. The van der Waals surface area contributed by atoms with Gasteiger partial charge in [0.25, 0.3) is 5.91 Å². The molecule has 0 bridgehead atoms. The molecule has 0 aliphatic rings. The predicted molar refractivity (Wildman–Crippen MR) is 118 cm³/mol. The lowest BCUT2D eigenvalue weighted by atomic mass is 10.1. The summed E-state index contributed by atoms with van der Waals surface area (Å²) in [6.07, 6.45) is 1.71. The lowest BCUT2D eigenvalue weighted by Crippen LogP contribution is -2.20. The Morgan fingerprint density at radius 2 is 1.61 bits per heavy atom. The van der Waals surface area contributed by atoms with Gasteiger partial charge in [0.05, 0.1) is 25.5 Å². The SMILES string of the molecule is COc1cc(C(=O)OCc2ccc(OCc3ccccn3)cc2)cc(OC)c1OCC(N)=O. The van der Waals surface area contributed by atoms with Crippen molar-refractivity contribution in [2.45, 2.75) is 13.2 Å². The van der Waals surface area contributed by atoms with E-state index in [1.165, 1.54) is 26.4 Å². The van der Waals surface area contributed by atoms with Gasteiger partial charge >= 0.3 is 5.97 Å². The number of amides is 1. The van der Waals surface area contributed by atoms with E-state index in [0.717, 1.165) is 11.3 Å². The summed E-state index contributed by atoms with van der Waals surface area (Å²) >= 11 is 0. The highest BCUT2D eigenvalue weighted by molar-refractivity contribution is 5.91. The Morgan fingerprint density at radius 3 is 2.18 bits per heavy atom. The second-order valence-corrected chi connectivity index (χ2v) is 6.79. The number of carbonyl (C=O) groups excluding carboxylic acids is 2. The van der Waals surface area contributed by atoms with E-state index >= 15 is 0 Å². The summed E-state index contributed by atoms with van der Waals surface area (Å²) in [5, 5.41) is 0. The van der Waals surface area contributed by atoms with Crippen LogP contribution < -0.4 is 24.7 Å². The van der Waals surface area contributed by atoms with Gasteiger partial charge < -0.3 is 29.4 Å². The minimum Gasteiger partial charge on any atom is -0.493 e. The second kappa shape index (κ2) is 11.4. The van der Waals surface area contributed by atoms with Gasteiger partial charge in [-0.15, -0.1) is 0 Å². The molecule has 0 atom stereocenters. The van der Waals surface area contributed by atoms with E-state index in [1.807, 2.05) is 30.3 Å². The Balaban J connectivity index is 1.61. The third kappa shape index (κ3) is 6.60. The van der Waals surface area contributed by atoms with E-state index in [4.69, 9.17) is 29.4 Å². The first-order chi connectivity index (χ1) is 16.0. The van der Waals surface area contributed by atoms with Crippen molar-refractivity contribution in [2.24, 2.45) is 5.73 Å². The van der Waals surface area contributed by atoms with E-state index in [0.29, 0.717) is 12.4 Å². The molecule has 0 saturated heterocycles. The molecule has 33 heavy (non-hydrogen) atoms. The van der Waals surface area contributed by atoms with Crippen molar-refractivity contribution in [1.82, 2.24) is 4.98 Å². The number of hydrogen-bond acceptors (Lipinski definition) is 8. The summed E-state index contributed by atoms with van der Waals surface area (Å²) in [5.41, 5.74) is 6.93. The summed E-state index contributed by atoms with van der Waals surface area (Å²) in [5.74, 6) is 0.0154. The second-order valence-electron chi connectivity index (χ2n) is 6.79. The van der Waals surface area contributed by atoms with Crippen LogP contribution in [-0.4, -0.2) is 37.7 Å². The molecular weight excluding hydrogens is 428 g/mol. The highest BCUT2D eigenvalue weighted by Crippen LogP contribution is 2.38. The van der Waals surface area contributed by atoms with Crippen molar-refractivity contribution in [3.05, 3.63) is 77.6 Å². The first-order valence-electron chi connectivity index (χ1n) is 9.96. The third-order valence-corrected chi connectivity index (χ3v) is 4.46. The number of rotatable bonds is 11. The molecule has 0 saturated carbocycles. The van der Waals surface area contributed by atoms with Gasteiger partial charge in [-0.2, -0.15) is 0 Å². The number of benzene rings is 2. The molecule has 2 aromatic carbocycles.